The lowest BCUT2D eigenvalue weighted by molar-refractivity contribution is 0.602. The first kappa shape index (κ1) is 64.0. The molecule has 0 N–H and O–H groups in total. The minimum absolute atomic E-state index is 0. The molecule has 0 aliphatic carbocycles. The van der Waals surface area contributed by atoms with E-state index in [9.17, 15) is 0 Å². The lowest BCUT2D eigenvalue weighted by Crippen LogP contribution is -1.76. The summed E-state index contributed by atoms with van der Waals surface area (Å²) in [5.74, 6) is 0. The first-order chi connectivity index (χ1) is 12.8. The molecular weight excluding hydrogens is 408 g/mol. The summed E-state index contributed by atoms with van der Waals surface area (Å²) in [6, 6.07) is 10.5. The van der Waals surface area contributed by atoms with Gasteiger partial charge in [0.05, 0.1) is 0 Å². The van der Waals surface area contributed by atoms with Crippen LogP contribution < -0.4 is 0 Å². The maximum absolute atomic E-state index is 2.26. The Morgan fingerprint density at radius 2 is 0.588 bits per heavy atom. The quantitative estimate of drug-likeness (QED) is 0.241. The summed E-state index contributed by atoms with van der Waals surface area (Å²) < 4.78 is 0. The van der Waals surface area contributed by atoms with E-state index in [2.05, 4.69) is 58.9 Å². The predicted octanol–water partition coefficient (Wildman–Crippen LogP) is 14.9. The number of benzene rings is 1. The summed E-state index contributed by atoms with van der Waals surface area (Å²) in [5.41, 5.74) is 1.41. The van der Waals surface area contributed by atoms with Crippen LogP contribution in [0.3, 0.4) is 0 Å². The normalized spacial score (nSPS) is 7.44. The number of aryl methyl sites for hydroxylation is 1. The lowest BCUT2D eigenvalue weighted by Gasteiger charge is -1.96. The fourth-order valence-corrected chi connectivity index (χ4v) is 2.77. The van der Waals surface area contributed by atoms with Crippen LogP contribution in [0.15, 0.2) is 30.3 Å². The van der Waals surface area contributed by atoms with Gasteiger partial charge in [-0.05, 0) is 12.0 Å². The van der Waals surface area contributed by atoms with E-state index in [4.69, 9.17) is 0 Å². The zero-order chi connectivity index (χ0) is 19.7. The Kier molecular flexibility index (Phi) is 120. The molecular formula is C34H82. The number of hydrogen-bond acceptors (Lipinski definition) is 0. The molecule has 0 fully saturated rings. The van der Waals surface area contributed by atoms with E-state index >= 15 is 0 Å². The molecule has 0 aromatic heterocycles. The lowest BCUT2D eigenvalue weighted by atomic mass is 10.1. The van der Waals surface area contributed by atoms with Gasteiger partial charge in [0, 0.05) is 0 Å². The second kappa shape index (κ2) is 63.6. The standard InChI is InChI=1S/2C9H20.C8H10.8CH4/c2*1-3-5-7-9-8-6-4-2;1-2-8-6-4-3-5-7-8;;;;;;;;/h2*3-9H2,1-2H3;3-7H,2H2,1H3;8*1H4. The Labute approximate surface area is 226 Å². The SMILES string of the molecule is C.C.C.C.C.C.C.C.CCCCCCCCC.CCCCCCCCC.CCc1ccccc1. The Bertz CT molecular complexity index is 288. The maximum atomic E-state index is 2.26. The molecule has 0 atom stereocenters. The zero-order valence-electron chi connectivity index (χ0n) is 19.0. The molecule has 0 radical (unpaired) electrons. The van der Waals surface area contributed by atoms with Gasteiger partial charge < -0.3 is 0 Å². The minimum atomic E-state index is 0. The highest BCUT2D eigenvalue weighted by Crippen LogP contribution is 2.06. The van der Waals surface area contributed by atoms with Crippen molar-refractivity contribution < 1.29 is 0 Å². The molecule has 0 heterocycles. The third kappa shape index (κ3) is 63.3. The van der Waals surface area contributed by atoms with Gasteiger partial charge in [-0.2, -0.15) is 0 Å². The third-order valence-electron chi connectivity index (χ3n) is 4.67. The molecule has 218 valence electrons. The fourth-order valence-electron chi connectivity index (χ4n) is 2.77. The van der Waals surface area contributed by atoms with Crippen LogP contribution >= 0.6 is 0 Å². The molecule has 0 amide bonds. The minimum Gasteiger partial charge on any atom is -0.0776 e. The van der Waals surface area contributed by atoms with Crippen molar-refractivity contribution in [2.24, 2.45) is 0 Å². The Morgan fingerprint density at radius 3 is 0.765 bits per heavy atom. The highest BCUT2D eigenvalue weighted by Gasteiger charge is 1.86. The van der Waals surface area contributed by atoms with Gasteiger partial charge in [-0.1, -0.05) is 214 Å². The number of hydrogen-bond donors (Lipinski definition) is 0. The molecule has 1 aromatic rings. The second-order valence-corrected chi connectivity index (χ2v) is 7.37. The average molecular weight is 491 g/mol. The Balaban J connectivity index is -0.0000000284. The summed E-state index contributed by atoms with van der Waals surface area (Å²) in [6.07, 6.45) is 21.1. The van der Waals surface area contributed by atoms with Gasteiger partial charge in [0.2, 0.25) is 0 Å². The van der Waals surface area contributed by atoms with Gasteiger partial charge in [0.15, 0.2) is 0 Å². The van der Waals surface area contributed by atoms with Crippen LogP contribution in [0.5, 0.6) is 0 Å². The molecule has 0 spiro atoms. The maximum Gasteiger partial charge on any atom is -0.0307 e. The molecule has 0 saturated carbocycles. The third-order valence-corrected chi connectivity index (χ3v) is 4.67. The molecule has 0 aliphatic rings. The topological polar surface area (TPSA) is 0 Å². The van der Waals surface area contributed by atoms with E-state index in [-0.39, 0.29) is 59.4 Å². The number of unbranched alkanes of at least 4 members (excludes halogenated alkanes) is 12. The van der Waals surface area contributed by atoms with E-state index in [1.165, 1.54) is 95.5 Å². The van der Waals surface area contributed by atoms with E-state index in [0.717, 1.165) is 6.42 Å². The highest BCUT2D eigenvalue weighted by molar-refractivity contribution is 5.13. The molecule has 0 aliphatic heterocycles. The Morgan fingerprint density at radius 1 is 0.353 bits per heavy atom. The van der Waals surface area contributed by atoms with Gasteiger partial charge in [0.1, 0.15) is 0 Å². The van der Waals surface area contributed by atoms with Crippen LogP contribution in [0.4, 0.5) is 0 Å². The van der Waals surface area contributed by atoms with Gasteiger partial charge in [-0.3, -0.25) is 0 Å². The monoisotopic (exact) mass is 491 g/mol. The van der Waals surface area contributed by atoms with Crippen LogP contribution in [0.25, 0.3) is 0 Å². The van der Waals surface area contributed by atoms with Gasteiger partial charge >= 0.3 is 0 Å². The fraction of sp³-hybridized carbons (Fsp3) is 0.824. The van der Waals surface area contributed by atoms with Crippen molar-refractivity contribution in [3.05, 3.63) is 35.9 Å². The summed E-state index contributed by atoms with van der Waals surface area (Å²) in [6.45, 7) is 11.2. The van der Waals surface area contributed by atoms with Gasteiger partial charge in [0.25, 0.3) is 0 Å². The van der Waals surface area contributed by atoms with Crippen LogP contribution in [-0.2, 0) is 6.42 Å². The summed E-state index contributed by atoms with van der Waals surface area (Å²) in [5, 5.41) is 0. The highest BCUT2D eigenvalue weighted by atomic mass is 13.9. The van der Waals surface area contributed by atoms with Crippen molar-refractivity contribution in [2.45, 2.75) is 190 Å². The Hall–Kier alpha value is -0.780. The summed E-state index contributed by atoms with van der Waals surface area (Å²) >= 11 is 0. The van der Waals surface area contributed by atoms with Gasteiger partial charge in [-0.25, -0.2) is 0 Å². The smallest absolute Gasteiger partial charge is 0.0307 e. The van der Waals surface area contributed by atoms with Crippen molar-refractivity contribution in [1.29, 1.82) is 0 Å². The van der Waals surface area contributed by atoms with Gasteiger partial charge in [-0.15, -0.1) is 0 Å². The summed E-state index contributed by atoms with van der Waals surface area (Å²) in [7, 11) is 0. The van der Waals surface area contributed by atoms with E-state index in [0.29, 0.717) is 0 Å². The molecule has 1 rings (SSSR count). The van der Waals surface area contributed by atoms with Crippen LogP contribution in [0.2, 0.25) is 0 Å². The largest absolute Gasteiger partial charge is 0.0776 e. The van der Waals surface area contributed by atoms with Crippen LogP contribution in [-0.4, -0.2) is 0 Å². The van der Waals surface area contributed by atoms with Crippen molar-refractivity contribution in [3.8, 4) is 0 Å². The van der Waals surface area contributed by atoms with Crippen molar-refractivity contribution >= 4 is 0 Å². The molecule has 1 aromatic carbocycles. The van der Waals surface area contributed by atoms with Crippen molar-refractivity contribution in [1.82, 2.24) is 0 Å². The predicted molar refractivity (Wildman–Crippen MR) is 177 cm³/mol. The van der Waals surface area contributed by atoms with Crippen LogP contribution in [0.1, 0.15) is 189 Å². The number of rotatable bonds is 13. The average Bonchev–Trinajstić information content (AvgIpc) is 2.69. The van der Waals surface area contributed by atoms with Crippen LogP contribution in [0, 0.1) is 0 Å². The molecule has 0 saturated heterocycles. The first-order valence-electron chi connectivity index (χ1n) is 11.8. The van der Waals surface area contributed by atoms with E-state index < -0.39 is 0 Å². The van der Waals surface area contributed by atoms with Crippen molar-refractivity contribution in [2.75, 3.05) is 0 Å². The second-order valence-electron chi connectivity index (χ2n) is 7.37. The first-order valence-corrected chi connectivity index (χ1v) is 11.8. The molecule has 0 bridgehead atoms. The molecule has 0 heteroatoms. The molecule has 0 unspecified atom stereocenters. The summed E-state index contributed by atoms with van der Waals surface area (Å²) in [4.78, 5) is 0. The zero-order valence-corrected chi connectivity index (χ0v) is 19.0. The molecule has 0 nitrogen and oxygen atoms in total. The van der Waals surface area contributed by atoms with E-state index in [1.54, 1.807) is 0 Å². The van der Waals surface area contributed by atoms with Crippen molar-refractivity contribution in [3.63, 3.8) is 0 Å². The van der Waals surface area contributed by atoms with E-state index in [1.807, 2.05) is 6.07 Å². The molecule has 34 heavy (non-hydrogen) atoms.